The molecule has 1 N–H and O–H groups in total. The lowest BCUT2D eigenvalue weighted by molar-refractivity contribution is 0.0935. The van der Waals surface area contributed by atoms with Crippen LogP contribution in [0.5, 0.6) is 0 Å². The molecule has 3 nitrogen and oxygen atoms in total. The Balaban J connectivity index is 2.13. The average Bonchev–Trinajstić information content (AvgIpc) is 2.39. The molecule has 1 amide bonds. The number of aromatic nitrogens is 1. The van der Waals surface area contributed by atoms with Crippen molar-refractivity contribution in [3.63, 3.8) is 0 Å². The monoisotopic (exact) mass is 322 g/mol. The molecule has 2 aromatic rings. The molecule has 98 valence electrons. The molecule has 1 aromatic heterocycles. The lowest BCUT2D eigenvalue weighted by atomic mass is 10.1. The minimum absolute atomic E-state index is 0.0194. The summed E-state index contributed by atoms with van der Waals surface area (Å²) in [5, 5.41) is 2.72. The summed E-state index contributed by atoms with van der Waals surface area (Å²) in [6.45, 7) is 1.80. The molecule has 19 heavy (non-hydrogen) atoms. The fourth-order valence-electron chi connectivity index (χ4n) is 1.65. The van der Waals surface area contributed by atoms with E-state index in [1.807, 2.05) is 12.1 Å². The van der Waals surface area contributed by atoms with Gasteiger partial charge in [0.2, 0.25) is 0 Å². The summed E-state index contributed by atoms with van der Waals surface area (Å²) in [5.74, 6) is -1.01. The second kappa shape index (κ2) is 5.93. The molecule has 1 heterocycles. The van der Waals surface area contributed by atoms with Crippen LogP contribution in [0.15, 0.2) is 47.1 Å². The Morgan fingerprint density at radius 1 is 1.37 bits per heavy atom. The molecule has 0 aliphatic rings. The predicted molar refractivity (Wildman–Crippen MR) is 74.2 cm³/mol. The van der Waals surface area contributed by atoms with E-state index in [0.717, 1.165) is 5.69 Å². The van der Waals surface area contributed by atoms with E-state index in [0.29, 0.717) is 4.47 Å². The number of rotatable bonds is 3. The van der Waals surface area contributed by atoms with E-state index in [1.54, 1.807) is 25.3 Å². The van der Waals surface area contributed by atoms with Crippen molar-refractivity contribution in [1.29, 1.82) is 0 Å². The van der Waals surface area contributed by atoms with Crippen LogP contribution < -0.4 is 5.32 Å². The van der Waals surface area contributed by atoms with Crippen LogP contribution >= 0.6 is 15.9 Å². The molecule has 0 saturated carbocycles. The molecule has 1 unspecified atom stereocenters. The minimum Gasteiger partial charge on any atom is -0.344 e. The van der Waals surface area contributed by atoms with Crippen molar-refractivity contribution < 1.29 is 9.18 Å². The molecule has 2 rings (SSSR count). The van der Waals surface area contributed by atoms with Crippen LogP contribution in [0, 0.1) is 5.82 Å². The first-order valence-electron chi connectivity index (χ1n) is 5.75. The van der Waals surface area contributed by atoms with E-state index < -0.39 is 11.7 Å². The van der Waals surface area contributed by atoms with Gasteiger partial charge in [-0.05, 0) is 37.3 Å². The standard InChI is InChI=1S/C14H12BrFN2O/c1-9(13-4-2-3-7-17-13)18-14(19)11-6-5-10(15)8-12(11)16/h2-9H,1H3,(H,18,19). The van der Waals surface area contributed by atoms with Gasteiger partial charge in [0.15, 0.2) is 0 Å². The van der Waals surface area contributed by atoms with Crippen LogP contribution in [0.25, 0.3) is 0 Å². The van der Waals surface area contributed by atoms with Crippen LogP contribution in [-0.2, 0) is 0 Å². The van der Waals surface area contributed by atoms with Crippen molar-refractivity contribution in [2.24, 2.45) is 0 Å². The van der Waals surface area contributed by atoms with E-state index in [4.69, 9.17) is 0 Å². The Morgan fingerprint density at radius 3 is 2.79 bits per heavy atom. The van der Waals surface area contributed by atoms with Crippen molar-refractivity contribution >= 4 is 21.8 Å². The number of benzene rings is 1. The van der Waals surface area contributed by atoms with Crippen LogP contribution in [-0.4, -0.2) is 10.9 Å². The van der Waals surface area contributed by atoms with E-state index in [1.165, 1.54) is 12.1 Å². The van der Waals surface area contributed by atoms with Gasteiger partial charge in [0, 0.05) is 10.7 Å². The minimum atomic E-state index is -0.555. The highest BCUT2D eigenvalue weighted by atomic mass is 79.9. The zero-order chi connectivity index (χ0) is 13.8. The van der Waals surface area contributed by atoms with E-state index in [9.17, 15) is 9.18 Å². The smallest absolute Gasteiger partial charge is 0.254 e. The number of amides is 1. The van der Waals surface area contributed by atoms with Crippen LogP contribution in [0.2, 0.25) is 0 Å². The predicted octanol–water partition coefficient (Wildman–Crippen LogP) is 3.47. The molecule has 0 aliphatic carbocycles. The first-order chi connectivity index (χ1) is 9.08. The summed E-state index contributed by atoms with van der Waals surface area (Å²) < 4.78 is 14.2. The maximum Gasteiger partial charge on any atom is 0.254 e. The molecule has 0 aliphatic heterocycles. The normalized spacial score (nSPS) is 11.9. The summed E-state index contributed by atoms with van der Waals surface area (Å²) >= 11 is 3.15. The number of carbonyl (C=O) groups is 1. The zero-order valence-electron chi connectivity index (χ0n) is 10.2. The third kappa shape index (κ3) is 3.38. The Morgan fingerprint density at radius 2 is 2.16 bits per heavy atom. The van der Waals surface area contributed by atoms with Gasteiger partial charge in [-0.15, -0.1) is 0 Å². The highest BCUT2D eigenvalue weighted by Gasteiger charge is 2.15. The van der Waals surface area contributed by atoms with Crippen molar-refractivity contribution in [2.45, 2.75) is 13.0 Å². The molecule has 0 radical (unpaired) electrons. The van der Waals surface area contributed by atoms with Crippen molar-refractivity contribution in [1.82, 2.24) is 10.3 Å². The number of hydrogen-bond donors (Lipinski definition) is 1. The van der Waals surface area contributed by atoms with Gasteiger partial charge < -0.3 is 5.32 Å². The summed E-state index contributed by atoms with van der Waals surface area (Å²) in [7, 11) is 0. The van der Waals surface area contributed by atoms with Gasteiger partial charge in [0.25, 0.3) is 5.91 Å². The van der Waals surface area contributed by atoms with Crippen molar-refractivity contribution in [2.75, 3.05) is 0 Å². The molecule has 0 bridgehead atoms. The zero-order valence-corrected chi connectivity index (χ0v) is 11.8. The van der Waals surface area contributed by atoms with E-state index in [2.05, 4.69) is 26.2 Å². The first kappa shape index (κ1) is 13.7. The Bertz CT molecular complexity index is 589. The van der Waals surface area contributed by atoms with Gasteiger partial charge in [0.05, 0.1) is 17.3 Å². The van der Waals surface area contributed by atoms with Crippen LogP contribution in [0.4, 0.5) is 4.39 Å². The third-order valence-electron chi connectivity index (χ3n) is 2.65. The average molecular weight is 323 g/mol. The van der Waals surface area contributed by atoms with E-state index in [-0.39, 0.29) is 11.6 Å². The molecular formula is C14H12BrFN2O. The molecular weight excluding hydrogens is 311 g/mol. The SMILES string of the molecule is CC(NC(=O)c1ccc(Br)cc1F)c1ccccn1. The highest BCUT2D eigenvalue weighted by molar-refractivity contribution is 9.10. The number of carbonyl (C=O) groups excluding carboxylic acids is 1. The van der Waals surface area contributed by atoms with Crippen molar-refractivity contribution in [3.8, 4) is 0 Å². The first-order valence-corrected chi connectivity index (χ1v) is 6.54. The lowest BCUT2D eigenvalue weighted by Gasteiger charge is -2.13. The fraction of sp³-hybridized carbons (Fsp3) is 0.143. The largest absolute Gasteiger partial charge is 0.344 e. The Hall–Kier alpha value is -1.75. The topological polar surface area (TPSA) is 42.0 Å². The maximum absolute atomic E-state index is 13.6. The number of nitrogens with one attached hydrogen (secondary N) is 1. The maximum atomic E-state index is 13.6. The van der Waals surface area contributed by atoms with Gasteiger partial charge in [-0.1, -0.05) is 22.0 Å². The third-order valence-corrected chi connectivity index (χ3v) is 3.15. The van der Waals surface area contributed by atoms with Gasteiger partial charge in [-0.2, -0.15) is 0 Å². The second-order valence-corrected chi connectivity index (χ2v) is 4.99. The van der Waals surface area contributed by atoms with Crippen molar-refractivity contribution in [3.05, 3.63) is 64.1 Å². The van der Waals surface area contributed by atoms with Gasteiger partial charge in [0.1, 0.15) is 5.82 Å². The van der Waals surface area contributed by atoms with Crippen LogP contribution in [0.1, 0.15) is 29.0 Å². The molecule has 0 spiro atoms. The summed E-state index contributed by atoms with van der Waals surface area (Å²) in [4.78, 5) is 16.1. The van der Waals surface area contributed by atoms with Crippen LogP contribution in [0.3, 0.4) is 0 Å². The highest BCUT2D eigenvalue weighted by Crippen LogP contribution is 2.16. The van der Waals surface area contributed by atoms with Gasteiger partial charge in [-0.25, -0.2) is 4.39 Å². The molecule has 1 aromatic carbocycles. The fourth-order valence-corrected chi connectivity index (χ4v) is 1.99. The Labute approximate surface area is 119 Å². The summed E-state index contributed by atoms with van der Waals surface area (Å²) in [6.07, 6.45) is 1.65. The number of pyridine rings is 1. The van der Waals surface area contributed by atoms with Gasteiger partial charge >= 0.3 is 0 Å². The molecule has 5 heteroatoms. The second-order valence-electron chi connectivity index (χ2n) is 4.07. The molecule has 1 atom stereocenters. The number of hydrogen-bond acceptors (Lipinski definition) is 2. The summed E-state index contributed by atoms with van der Waals surface area (Å²) in [6, 6.07) is 9.50. The van der Waals surface area contributed by atoms with E-state index >= 15 is 0 Å². The number of halogens is 2. The van der Waals surface area contributed by atoms with Gasteiger partial charge in [-0.3, -0.25) is 9.78 Å². The lowest BCUT2D eigenvalue weighted by Crippen LogP contribution is -2.27. The number of nitrogens with zero attached hydrogens (tertiary/aromatic N) is 1. The molecule has 0 fully saturated rings. The Kier molecular flexibility index (Phi) is 4.27. The summed E-state index contributed by atoms with van der Waals surface area (Å²) in [5.41, 5.74) is 0.749. The quantitative estimate of drug-likeness (QED) is 0.940. The molecule has 0 saturated heterocycles.